The van der Waals surface area contributed by atoms with Crippen molar-refractivity contribution in [1.29, 1.82) is 0 Å². The van der Waals surface area contributed by atoms with E-state index in [9.17, 15) is 0 Å². The number of fused-ring (bicyclic) bond motifs is 2. The highest BCUT2D eigenvalue weighted by atomic mass is 16.7. The molecule has 0 unspecified atom stereocenters. The molecule has 1 fully saturated rings. The van der Waals surface area contributed by atoms with Gasteiger partial charge in [0.05, 0.1) is 13.2 Å². The molecule has 0 saturated carbocycles. The molecule has 68 valence electrons. The third-order valence-corrected chi connectivity index (χ3v) is 3.48. The molecular weight excluding hydrogens is 152 g/mol. The molecule has 0 aromatic carbocycles. The normalized spacial score (nSPS) is 47.0. The van der Waals surface area contributed by atoms with E-state index in [4.69, 9.17) is 9.47 Å². The monoisotopic (exact) mass is 168 g/mol. The lowest BCUT2D eigenvalue weighted by molar-refractivity contribution is -0.278. The van der Waals surface area contributed by atoms with Crippen LogP contribution in [0.1, 0.15) is 27.7 Å². The zero-order chi connectivity index (χ0) is 8.98. The second-order valence-electron chi connectivity index (χ2n) is 4.33. The molecule has 0 aliphatic carbocycles. The standard InChI is InChI=1S/C10H16O2/c1-7-8(2)10(4)11-5-9(7,3)6-12-10/h5-6H2,1-4H3. The minimum absolute atomic E-state index is 0.127. The van der Waals surface area contributed by atoms with E-state index >= 15 is 0 Å². The van der Waals surface area contributed by atoms with Crippen LogP contribution >= 0.6 is 0 Å². The molecule has 0 aromatic heterocycles. The van der Waals surface area contributed by atoms with Crippen molar-refractivity contribution in [2.24, 2.45) is 5.41 Å². The molecule has 3 aliphatic heterocycles. The molecule has 2 bridgehead atoms. The minimum Gasteiger partial charge on any atom is -0.345 e. The summed E-state index contributed by atoms with van der Waals surface area (Å²) in [6.07, 6.45) is 0. The van der Waals surface area contributed by atoms with Crippen molar-refractivity contribution in [1.82, 2.24) is 0 Å². The Hall–Kier alpha value is -0.340. The van der Waals surface area contributed by atoms with Crippen LogP contribution in [0.15, 0.2) is 11.1 Å². The van der Waals surface area contributed by atoms with Gasteiger partial charge >= 0.3 is 0 Å². The highest BCUT2D eigenvalue weighted by Gasteiger charge is 2.48. The van der Waals surface area contributed by atoms with Crippen molar-refractivity contribution >= 4 is 0 Å². The summed E-state index contributed by atoms with van der Waals surface area (Å²) in [6, 6.07) is 0. The maximum atomic E-state index is 5.67. The van der Waals surface area contributed by atoms with Gasteiger partial charge in [-0.05, 0) is 26.3 Å². The lowest BCUT2D eigenvalue weighted by atomic mass is 9.76. The first-order chi connectivity index (χ1) is 5.48. The molecule has 12 heavy (non-hydrogen) atoms. The molecule has 2 heteroatoms. The molecule has 3 aliphatic rings. The Kier molecular flexibility index (Phi) is 1.46. The van der Waals surface area contributed by atoms with Gasteiger partial charge in [-0.1, -0.05) is 12.5 Å². The topological polar surface area (TPSA) is 18.5 Å². The largest absolute Gasteiger partial charge is 0.345 e. The van der Waals surface area contributed by atoms with Crippen molar-refractivity contribution in [3.63, 3.8) is 0 Å². The van der Waals surface area contributed by atoms with Gasteiger partial charge in [-0.15, -0.1) is 0 Å². The number of hydrogen-bond acceptors (Lipinski definition) is 2. The van der Waals surface area contributed by atoms with Gasteiger partial charge in [0, 0.05) is 5.41 Å². The fourth-order valence-corrected chi connectivity index (χ4v) is 1.90. The molecule has 2 nitrogen and oxygen atoms in total. The van der Waals surface area contributed by atoms with Crippen molar-refractivity contribution < 1.29 is 9.47 Å². The fourth-order valence-electron chi connectivity index (χ4n) is 1.90. The van der Waals surface area contributed by atoms with Gasteiger partial charge in [-0.25, -0.2) is 0 Å². The van der Waals surface area contributed by atoms with Crippen LogP contribution in [0.2, 0.25) is 0 Å². The number of hydrogen-bond donors (Lipinski definition) is 0. The number of ether oxygens (including phenoxy) is 2. The minimum atomic E-state index is -0.429. The first-order valence-corrected chi connectivity index (χ1v) is 4.44. The second kappa shape index (κ2) is 2.12. The van der Waals surface area contributed by atoms with Crippen molar-refractivity contribution in [3.8, 4) is 0 Å². The Labute approximate surface area is 73.5 Å². The van der Waals surface area contributed by atoms with E-state index in [-0.39, 0.29) is 5.41 Å². The van der Waals surface area contributed by atoms with Crippen LogP contribution in [-0.2, 0) is 9.47 Å². The highest BCUT2D eigenvalue weighted by Crippen LogP contribution is 2.46. The van der Waals surface area contributed by atoms with Gasteiger partial charge in [-0.3, -0.25) is 0 Å². The maximum absolute atomic E-state index is 5.67. The van der Waals surface area contributed by atoms with Crippen molar-refractivity contribution in [2.75, 3.05) is 13.2 Å². The van der Waals surface area contributed by atoms with E-state index in [0.717, 1.165) is 13.2 Å². The van der Waals surface area contributed by atoms with E-state index in [1.807, 2.05) is 6.92 Å². The van der Waals surface area contributed by atoms with E-state index in [1.54, 1.807) is 0 Å². The van der Waals surface area contributed by atoms with Gasteiger partial charge in [-0.2, -0.15) is 0 Å². The number of rotatable bonds is 0. The summed E-state index contributed by atoms with van der Waals surface area (Å²) in [5.41, 5.74) is 2.83. The molecule has 0 N–H and O–H groups in total. The second-order valence-corrected chi connectivity index (χ2v) is 4.33. The Bertz CT molecular complexity index is 219. The van der Waals surface area contributed by atoms with Crippen LogP contribution < -0.4 is 0 Å². The van der Waals surface area contributed by atoms with Crippen LogP contribution in [0.3, 0.4) is 0 Å². The van der Waals surface area contributed by atoms with Gasteiger partial charge in [0.1, 0.15) is 0 Å². The average Bonchev–Trinajstić information content (AvgIpc) is 2.06. The predicted octanol–water partition coefficient (Wildman–Crippen LogP) is 2.11. The third-order valence-electron chi connectivity index (χ3n) is 3.48. The smallest absolute Gasteiger partial charge is 0.187 e. The molecule has 0 spiro atoms. The Morgan fingerprint density at radius 3 is 1.92 bits per heavy atom. The van der Waals surface area contributed by atoms with Crippen molar-refractivity contribution in [3.05, 3.63) is 11.1 Å². The predicted molar refractivity (Wildman–Crippen MR) is 46.8 cm³/mol. The average molecular weight is 168 g/mol. The maximum Gasteiger partial charge on any atom is 0.187 e. The zero-order valence-electron chi connectivity index (χ0n) is 8.23. The Morgan fingerprint density at radius 2 is 1.50 bits per heavy atom. The molecular formula is C10H16O2. The summed E-state index contributed by atoms with van der Waals surface area (Å²) in [4.78, 5) is 0. The van der Waals surface area contributed by atoms with E-state index < -0.39 is 5.79 Å². The molecule has 0 atom stereocenters. The summed E-state index contributed by atoms with van der Waals surface area (Å²) >= 11 is 0. The van der Waals surface area contributed by atoms with Crippen molar-refractivity contribution in [2.45, 2.75) is 33.5 Å². The van der Waals surface area contributed by atoms with Gasteiger partial charge in [0.15, 0.2) is 5.79 Å². The van der Waals surface area contributed by atoms with Crippen LogP contribution in [0.4, 0.5) is 0 Å². The molecule has 3 rings (SSSR count). The molecule has 0 radical (unpaired) electrons. The lowest BCUT2D eigenvalue weighted by Gasteiger charge is -2.51. The van der Waals surface area contributed by atoms with Gasteiger partial charge in [0.25, 0.3) is 0 Å². The zero-order valence-corrected chi connectivity index (χ0v) is 8.23. The van der Waals surface area contributed by atoms with Crippen LogP contribution in [0.5, 0.6) is 0 Å². The third kappa shape index (κ3) is 0.824. The van der Waals surface area contributed by atoms with Crippen LogP contribution in [0, 0.1) is 5.41 Å². The first-order valence-electron chi connectivity index (χ1n) is 4.44. The first kappa shape index (κ1) is 8.27. The lowest BCUT2D eigenvalue weighted by Crippen LogP contribution is -2.53. The molecule has 1 saturated heterocycles. The molecule has 0 amide bonds. The highest BCUT2D eigenvalue weighted by molar-refractivity contribution is 5.29. The molecule has 0 aromatic rings. The summed E-state index contributed by atoms with van der Waals surface area (Å²) < 4.78 is 11.3. The van der Waals surface area contributed by atoms with E-state index in [0.29, 0.717) is 0 Å². The van der Waals surface area contributed by atoms with Gasteiger partial charge < -0.3 is 9.47 Å². The molecule has 3 heterocycles. The Morgan fingerprint density at radius 1 is 1.00 bits per heavy atom. The summed E-state index contributed by atoms with van der Waals surface area (Å²) in [7, 11) is 0. The van der Waals surface area contributed by atoms with E-state index in [1.165, 1.54) is 11.1 Å². The SMILES string of the molecule is CC1=C(C)C2(C)OCC1(C)CO2. The fraction of sp³-hybridized carbons (Fsp3) is 0.800. The summed E-state index contributed by atoms with van der Waals surface area (Å²) in [5, 5.41) is 0. The quantitative estimate of drug-likeness (QED) is 0.516. The van der Waals surface area contributed by atoms with E-state index in [2.05, 4.69) is 20.8 Å². The van der Waals surface area contributed by atoms with Crippen LogP contribution in [-0.4, -0.2) is 19.0 Å². The van der Waals surface area contributed by atoms with Crippen LogP contribution in [0.25, 0.3) is 0 Å². The van der Waals surface area contributed by atoms with Gasteiger partial charge in [0.2, 0.25) is 0 Å². The summed E-state index contributed by atoms with van der Waals surface area (Å²) in [5.74, 6) is -0.429. The summed E-state index contributed by atoms with van der Waals surface area (Å²) in [6.45, 7) is 10.1. The Balaban J connectivity index is 2.52.